The first kappa shape index (κ1) is 27.2. The lowest BCUT2D eigenvalue weighted by Crippen LogP contribution is -2.39. The summed E-state index contributed by atoms with van der Waals surface area (Å²) < 4.78 is 0.955. The largest absolute Gasteiger partial charge is 0.397 e. The first-order valence-corrected chi connectivity index (χ1v) is 13.1. The molecule has 0 radical (unpaired) electrons. The quantitative estimate of drug-likeness (QED) is 0.299. The second kappa shape index (κ2) is 10.8. The van der Waals surface area contributed by atoms with E-state index in [1.54, 1.807) is 19.1 Å². The normalized spacial score (nSPS) is 18.3. The van der Waals surface area contributed by atoms with Crippen LogP contribution in [0.5, 0.6) is 0 Å². The Morgan fingerprint density at radius 2 is 1.87 bits per heavy atom. The maximum atomic E-state index is 13.6. The SMILES string of the molecule is CC1=C(C(=O)Nc2nc3ccccc3s2)C(c2ccc([N+](=O)[O-])cc2)C2=C(CC(C)(C)CC2=O)N1.CCO. The first-order valence-electron chi connectivity index (χ1n) is 12.3. The molecule has 10 heteroatoms. The fourth-order valence-electron chi connectivity index (χ4n) is 4.95. The first-order chi connectivity index (χ1) is 18.0. The van der Waals surface area contributed by atoms with Crippen LogP contribution in [0.15, 0.2) is 71.1 Å². The molecule has 0 fully saturated rings. The minimum Gasteiger partial charge on any atom is -0.397 e. The average Bonchev–Trinajstić information content (AvgIpc) is 3.25. The minimum atomic E-state index is -0.634. The zero-order chi connectivity index (χ0) is 27.6. The average molecular weight is 535 g/mol. The summed E-state index contributed by atoms with van der Waals surface area (Å²) in [5.41, 5.74) is 3.62. The van der Waals surface area contributed by atoms with E-state index in [1.807, 2.05) is 45.0 Å². The number of carbonyl (C=O) groups is 2. The molecule has 0 saturated heterocycles. The lowest BCUT2D eigenvalue weighted by atomic mass is 9.68. The third-order valence-electron chi connectivity index (χ3n) is 6.44. The summed E-state index contributed by atoms with van der Waals surface area (Å²) in [4.78, 5) is 42.3. The highest BCUT2D eigenvalue weighted by Crippen LogP contribution is 2.47. The number of ketones is 1. The summed E-state index contributed by atoms with van der Waals surface area (Å²) in [6.07, 6.45) is 1.03. The highest BCUT2D eigenvalue weighted by molar-refractivity contribution is 7.22. The summed E-state index contributed by atoms with van der Waals surface area (Å²) >= 11 is 1.38. The molecular formula is C28H30N4O5S. The molecule has 38 heavy (non-hydrogen) atoms. The van der Waals surface area contributed by atoms with Gasteiger partial charge in [-0.25, -0.2) is 4.98 Å². The number of nitrogens with one attached hydrogen (secondary N) is 2. The van der Waals surface area contributed by atoms with Crippen molar-refractivity contribution in [2.75, 3.05) is 11.9 Å². The van der Waals surface area contributed by atoms with Crippen LogP contribution >= 0.6 is 11.3 Å². The molecule has 0 saturated carbocycles. The summed E-state index contributed by atoms with van der Waals surface area (Å²) in [5.74, 6) is -1.02. The summed E-state index contributed by atoms with van der Waals surface area (Å²) in [7, 11) is 0. The molecule has 0 bridgehead atoms. The van der Waals surface area contributed by atoms with Gasteiger partial charge in [0.25, 0.3) is 11.6 Å². The zero-order valence-electron chi connectivity index (χ0n) is 21.7. The molecule has 3 N–H and O–H groups in total. The number of hydrogen-bond acceptors (Lipinski definition) is 8. The van der Waals surface area contributed by atoms with Crippen LogP contribution in [0.2, 0.25) is 0 Å². The molecule has 2 aromatic carbocycles. The number of aliphatic hydroxyl groups excluding tert-OH is 1. The zero-order valence-corrected chi connectivity index (χ0v) is 22.5. The van der Waals surface area contributed by atoms with E-state index >= 15 is 0 Å². The van der Waals surface area contributed by atoms with Crippen LogP contribution in [0.25, 0.3) is 10.2 Å². The topological polar surface area (TPSA) is 134 Å². The number of dihydropyridines is 1. The molecule has 1 amide bonds. The minimum absolute atomic E-state index is 0.0233. The molecule has 198 valence electrons. The van der Waals surface area contributed by atoms with Gasteiger partial charge in [-0.15, -0.1) is 0 Å². The lowest BCUT2D eigenvalue weighted by molar-refractivity contribution is -0.384. The Hall–Kier alpha value is -3.89. The number of benzene rings is 2. The number of allylic oxidation sites excluding steroid dienone is 3. The van der Waals surface area contributed by atoms with Crippen molar-refractivity contribution in [2.24, 2.45) is 5.41 Å². The number of hydrogen-bond donors (Lipinski definition) is 3. The number of para-hydroxylation sites is 1. The fourth-order valence-corrected chi connectivity index (χ4v) is 5.81. The number of nitro benzene ring substituents is 1. The van der Waals surface area contributed by atoms with Crippen molar-refractivity contribution in [2.45, 2.75) is 46.5 Å². The van der Waals surface area contributed by atoms with E-state index in [9.17, 15) is 19.7 Å². The Morgan fingerprint density at radius 1 is 1.21 bits per heavy atom. The number of nitrogens with zero attached hydrogens (tertiary/aromatic N) is 2. The van der Waals surface area contributed by atoms with Gasteiger partial charge in [-0.3, -0.25) is 25.0 Å². The number of thiazole rings is 1. The predicted octanol–water partition coefficient (Wildman–Crippen LogP) is 5.45. The van der Waals surface area contributed by atoms with Crippen molar-refractivity contribution in [1.29, 1.82) is 0 Å². The standard InChI is InChI=1S/C26H24N4O4S.C2H6O/c1-14-21(24(32)29-25-28-17-6-4-5-7-20(17)35-25)22(15-8-10-16(11-9-15)30(33)34)23-18(27-14)12-26(2,3)13-19(23)31;1-2-3/h4-11,22,27H,12-13H2,1-3H3,(H,28,29,32);3H,2H2,1H3. The van der Waals surface area contributed by atoms with E-state index in [0.29, 0.717) is 40.4 Å². The van der Waals surface area contributed by atoms with E-state index in [2.05, 4.69) is 15.6 Å². The number of anilines is 1. The maximum Gasteiger partial charge on any atom is 0.269 e. The van der Waals surface area contributed by atoms with E-state index in [1.165, 1.54) is 23.5 Å². The molecular weight excluding hydrogens is 504 g/mol. The number of rotatable bonds is 4. The maximum absolute atomic E-state index is 13.6. The number of fused-ring (bicyclic) bond motifs is 1. The Balaban J connectivity index is 0.00000107. The van der Waals surface area contributed by atoms with Crippen LogP contribution in [-0.4, -0.2) is 33.3 Å². The molecule has 1 unspecified atom stereocenters. The van der Waals surface area contributed by atoms with Crippen LogP contribution in [-0.2, 0) is 9.59 Å². The molecule has 9 nitrogen and oxygen atoms in total. The lowest BCUT2D eigenvalue weighted by Gasteiger charge is -2.39. The number of aromatic nitrogens is 1. The predicted molar refractivity (Wildman–Crippen MR) is 148 cm³/mol. The monoisotopic (exact) mass is 534 g/mol. The molecule has 0 spiro atoms. The van der Waals surface area contributed by atoms with Gasteiger partial charge >= 0.3 is 0 Å². The Labute approximate surface area is 224 Å². The van der Waals surface area contributed by atoms with Gasteiger partial charge in [0.15, 0.2) is 10.9 Å². The van der Waals surface area contributed by atoms with Gasteiger partial charge in [-0.05, 0) is 43.4 Å². The van der Waals surface area contributed by atoms with Gasteiger partial charge in [0.05, 0.1) is 15.1 Å². The smallest absolute Gasteiger partial charge is 0.269 e. The van der Waals surface area contributed by atoms with E-state index in [-0.39, 0.29) is 29.4 Å². The van der Waals surface area contributed by atoms with Crippen molar-refractivity contribution < 1.29 is 19.6 Å². The molecule has 1 atom stereocenters. The number of carbonyl (C=O) groups excluding carboxylic acids is 2. The second-order valence-electron chi connectivity index (χ2n) is 10.0. The van der Waals surface area contributed by atoms with E-state index in [0.717, 1.165) is 15.9 Å². The Morgan fingerprint density at radius 3 is 2.50 bits per heavy atom. The van der Waals surface area contributed by atoms with Crippen LogP contribution in [0, 0.1) is 15.5 Å². The second-order valence-corrected chi connectivity index (χ2v) is 11.1. The van der Waals surface area contributed by atoms with Crippen LogP contribution in [0.4, 0.5) is 10.8 Å². The molecule has 3 aromatic rings. The van der Waals surface area contributed by atoms with Crippen molar-refractivity contribution in [1.82, 2.24) is 10.3 Å². The molecule has 1 aliphatic heterocycles. The van der Waals surface area contributed by atoms with E-state index in [4.69, 9.17) is 5.11 Å². The number of nitro groups is 1. The van der Waals surface area contributed by atoms with Crippen LogP contribution in [0.1, 0.15) is 52.0 Å². The van der Waals surface area contributed by atoms with Crippen molar-refractivity contribution in [3.63, 3.8) is 0 Å². The van der Waals surface area contributed by atoms with Crippen LogP contribution in [0.3, 0.4) is 0 Å². The highest BCUT2D eigenvalue weighted by Gasteiger charge is 2.42. The third-order valence-corrected chi connectivity index (χ3v) is 7.39. The van der Waals surface area contributed by atoms with Gasteiger partial charge < -0.3 is 10.4 Å². The molecule has 2 aliphatic rings. The number of aliphatic hydroxyl groups is 1. The Bertz CT molecular complexity index is 1440. The summed E-state index contributed by atoms with van der Waals surface area (Å²) in [6.45, 7) is 7.85. The Kier molecular flexibility index (Phi) is 7.75. The third kappa shape index (κ3) is 5.51. The van der Waals surface area contributed by atoms with Gasteiger partial charge in [-0.1, -0.05) is 49.4 Å². The number of amides is 1. The van der Waals surface area contributed by atoms with Gasteiger partial charge in [0, 0.05) is 53.6 Å². The van der Waals surface area contributed by atoms with Gasteiger partial charge in [0.2, 0.25) is 0 Å². The fraction of sp³-hybridized carbons (Fsp3) is 0.321. The van der Waals surface area contributed by atoms with E-state index < -0.39 is 10.8 Å². The van der Waals surface area contributed by atoms with Gasteiger partial charge in [-0.2, -0.15) is 0 Å². The highest BCUT2D eigenvalue weighted by atomic mass is 32.1. The van der Waals surface area contributed by atoms with Crippen molar-refractivity contribution in [3.8, 4) is 0 Å². The van der Waals surface area contributed by atoms with Crippen LogP contribution < -0.4 is 10.6 Å². The van der Waals surface area contributed by atoms with Crippen molar-refractivity contribution in [3.05, 3.63) is 86.7 Å². The summed E-state index contributed by atoms with van der Waals surface area (Å²) in [6, 6.07) is 13.7. The molecule has 5 rings (SSSR count). The van der Waals surface area contributed by atoms with Gasteiger partial charge in [0.1, 0.15) is 0 Å². The molecule has 2 heterocycles. The molecule has 1 aliphatic carbocycles. The van der Waals surface area contributed by atoms with Crippen molar-refractivity contribution >= 4 is 44.1 Å². The number of Topliss-reactive ketones (excluding diaryl/α,β-unsaturated/α-hetero) is 1. The number of non-ortho nitro benzene ring substituents is 1. The summed E-state index contributed by atoms with van der Waals surface area (Å²) in [5, 5.41) is 25.5. The molecule has 1 aromatic heterocycles.